The summed E-state index contributed by atoms with van der Waals surface area (Å²) in [6.45, 7) is 4.11. The van der Waals surface area contributed by atoms with Crippen LogP contribution >= 0.6 is 0 Å². The molecule has 0 aliphatic carbocycles. The van der Waals surface area contributed by atoms with E-state index in [0.29, 0.717) is 5.75 Å². The number of benzene rings is 2. The maximum atomic E-state index is 9.77. The van der Waals surface area contributed by atoms with Crippen molar-refractivity contribution in [1.29, 1.82) is 0 Å². The Morgan fingerprint density at radius 2 is 1.52 bits per heavy atom. The van der Waals surface area contributed by atoms with Crippen LogP contribution < -0.4 is 9.47 Å². The number of aromatic hydroxyl groups is 1. The average Bonchev–Trinajstić information content (AvgIpc) is 2.48. The first-order chi connectivity index (χ1) is 10.0. The van der Waals surface area contributed by atoms with Crippen LogP contribution in [0.15, 0.2) is 30.3 Å². The summed E-state index contributed by atoms with van der Waals surface area (Å²) in [5.41, 5.74) is 4.30. The molecule has 2 aromatic carbocycles. The summed E-state index contributed by atoms with van der Waals surface area (Å²) in [5, 5.41) is 9.77. The smallest absolute Gasteiger partial charge is 0.160 e. The highest BCUT2D eigenvalue weighted by Crippen LogP contribution is 2.28. The molecule has 0 aromatic heterocycles. The van der Waals surface area contributed by atoms with Crippen LogP contribution in [0.4, 0.5) is 0 Å². The quantitative estimate of drug-likeness (QED) is 0.855. The number of phenolic OH excluding ortho intramolecular Hbond substituents is 1. The summed E-state index contributed by atoms with van der Waals surface area (Å²) in [4.78, 5) is 0. The van der Waals surface area contributed by atoms with Crippen LogP contribution in [0.1, 0.15) is 22.3 Å². The highest BCUT2D eigenvalue weighted by atomic mass is 16.5. The monoisotopic (exact) mass is 284 g/mol. The van der Waals surface area contributed by atoms with Gasteiger partial charge in [-0.15, -0.1) is 0 Å². The molecular weight excluding hydrogens is 264 g/mol. The van der Waals surface area contributed by atoms with Crippen molar-refractivity contribution in [2.75, 3.05) is 14.2 Å². The summed E-state index contributed by atoms with van der Waals surface area (Å²) in [7, 11) is 3.21. The third-order valence-electron chi connectivity index (χ3n) is 3.53. The number of hydrogen-bond acceptors (Lipinski definition) is 3. The van der Waals surface area contributed by atoms with Gasteiger partial charge in [0.05, 0.1) is 14.2 Å². The van der Waals surface area contributed by atoms with E-state index in [1.807, 2.05) is 31.2 Å². The first-order valence-electron chi connectivity index (χ1n) is 6.75. The second-order valence-corrected chi connectivity index (χ2v) is 4.93. The van der Waals surface area contributed by atoms with Gasteiger partial charge < -0.3 is 14.6 Å². The minimum atomic E-state index is 0.136. The fourth-order valence-electron chi connectivity index (χ4n) is 2.17. The second-order valence-electron chi connectivity index (χ2n) is 4.93. The van der Waals surface area contributed by atoms with Gasteiger partial charge in [-0.1, -0.05) is 24.3 Å². The molecule has 0 fully saturated rings. The van der Waals surface area contributed by atoms with Crippen molar-refractivity contribution < 1.29 is 14.6 Å². The SMILES string of the molecule is COc1ccc(/C=C\c2cc(C)c(C)c(OC)c2)cc1O. The minimum Gasteiger partial charge on any atom is -0.504 e. The van der Waals surface area contributed by atoms with E-state index >= 15 is 0 Å². The third kappa shape index (κ3) is 3.37. The Labute approximate surface area is 125 Å². The Kier molecular flexibility index (Phi) is 4.53. The molecule has 0 radical (unpaired) electrons. The van der Waals surface area contributed by atoms with E-state index in [9.17, 15) is 5.11 Å². The predicted octanol–water partition coefficient (Wildman–Crippen LogP) is 4.20. The lowest BCUT2D eigenvalue weighted by atomic mass is 10.0. The van der Waals surface area contributed by atoms with Crippen LogP contribution in [0.2, 0.25) is 0 Å². The lowest BCUT2D eigenvalue weighted by Crippen LogP contribution is -1.91. The molecule has 110 valence electrons. The number of aryl methyl sites for hydroxylation is 1. The summed E-state index contributed by atoms with van der Waals surface area (Å²) >= 11 is 0. The van der Waals surface area contributed by atoms with Gasteiger partial charge in [0.1, 0.15) is 5.75 Å². The Morgan fingerprint density at radius 1 is 0.857 bits per heavy atom. The zero-order valence-electron chi connectivity index (χ0n) is 12.8. The van der Waals surface area contributed by atoms with E-state index in [-0.39, 0.29) is 5.75 Å². The maximum absolute atomic E-state index is 9.77. The van der Waals surface area contributed by atoms with Gasteiger partial charge in [0.15, 0.2) is 11.5 Å². The highest BCUT2D eigenvalue weighted by molar-refractivity contribution is 5.72. The van der Waals surface area contributed by atoms with Crippen LogP contribution in [-0.2, 0) is 0 Å². The van der Waals surface area contributed by atoms with E-state index in [0.717, 1.165) is 22.4 Å². The van der Waals surface area contributed by atoms with Gasteiger partial charge in [0.2, 0.25) is 0 Å². The molecule has 1 N–H and O–H groups in total. The highest BCUT2D eigenvalue weighted by Gasteiger charge is 2.03. The molecule has 0 aliphatic heterocycles. The van der Waals surface area contributed by atoms with Crippen LogP contribution in [0.5, 0.6) is 17.2 Å². The van der Waals surface area contributed by atoms with Crippen LogP contribution in [0.25, 0.3) is 12.2 Å². The molecule has 3 heteroatoms. The van der Waals surface area contributed by atoms with E-state index in [4.69, 9.17) is 9.47 Å². The first kappa shape index (κ1) is 15.0. The number of ether oxygens (including phenoxy) is 2. The van der Waals surface area contributed by atoms with Crippen molar-refractivity contribution >= 4 is 12.2 Å². The van der Waals surface area contributed by atoms with Gasteiger partial charge in [-0.05, 0) is 54.3 Å². The molecule has 2 aromatic rings. The van der Waals surface area contributed by atoms with E-state index in [2.05, 4.69) is 13.0 Å². The molecule has 2 rings (SSSR count). The predicted molar refractivity (Wildman–Crippen MR) is 86.1 cm³/mol. The Balaban J connectivity index is 2.29. The van der Waals surface area contributed by atoms with Crippen molar-refractivity contribution in [1.82, 2.24) is 0 Å². The fraction of sp³-hybridized carbons (Fsp3) is 0.222. The molecule has 0 aliphatic rings. The maximum Gasteiger partial charge on any atom is 0.160 e. The minimum absolute atomic E-state index is 0.136. The van der Waals surface area contributed by atoms with Gasteiger partial charge in [-0.25, -0.2) is 0 Å². The largest absolute Gasteiger partial charge is 0.504 e. The van der Waals surface area contributed by atoms with Crippen molar-refractivity contribution in [3.05, 3.63) is 52.6 Å². The number of rotatable bonds is 4. The van der Waals surface area contributed by atoms with Crippen molar-refractivity contribution in [2.45, 2.75) is 13.8 Å². The van der Waals surface area contributed by atoms with Gasteiger partial charge in [-0.3, -0.25) is 0 Å². The van der Waals surface area contributed by atoms with E-state index < -0.39 is 0 Å². The average molecular weight is 284 g/mol. The standard InChI is InChI=1S/C18H20O3/c1-12-9-15(11-18(21-4)13(12)2)6-5-14-7-8-17(20-3)16(19)10-14/h5-11,19H,1-4H3/b6-5-. The van der Waals surface area contributed by atoms with Crippen molar-refractivity contribution in [2.24, 2.45) is 0 Å². The lowest BCUT2D eigenvalue weighted by Gasteiger charge is -2.09. The molecule has 0 saturated carbocycles. The zero-order chi connectivity index (χ0) is 15.4. The first-order valence-corrected chi connectivity index (χ1v) is 6.75. The third-order valence-corrected chi connectivity index (χ3v) is 3.53. The topological polar surface area (TPSA) is 38.7 Å². The zero-order valence-corrected chi connectivity index (χ0v) is 12.8. The molecule has 0 atom stereocenters. The van der Waals surface area contributed by atoms with Gasteiger partial charge >= 0.3 is 0 Å². The summed E-state index contributed by atoms with van der Waals surface area (Å²) in [5.74, 6) is 1.49. The van der Waals surface area contributed by atoms with Crippen LogP contribution in [0.3, 0.4) is 0 Å². The number of phenols is 1. The van der Waals surface area contributed by atoms with Gasteiger partial charge in [0.25, 0.3) is 0 Å². The summed E-state index contributed by atoms with van der Waals surface area (Å²) in [6.07, 6.45) is 3.94. The van der Waals surface area contributed by atoms with Crippen molar-refractivity contribution in [3.63, 3.8) is 0 Å². The van der Waals surface area contributed by atoms with Gasteiger partial charge in [-0.2, -0.15) is 0 Å². The number of methoxy groups -OCH3 is 2. The summed E-state index contributed by atoms with van der Waals surface area (Å²) < 4.78 is 10.4. The van der Waals surface area contributed by atoms with Crippen LogP contribution in [0, 0.1) is 13.8 Å². The van der Waals surface area contributed by atoms with E-state index in [1.54, 1.807) is 19.2 Å². The molecule has 21 heavy (non-hydrogen) atoms. The molecule has 0 saturated heterocycles. The fourth-order valence-corrected chi connectivity index (χ4v) is 2.17. The van der Waals surface area contributed by atoms with Crippen LogP contribution in [-0.4, -0.2) is 19.3 Å². The summed E-state index contributed by atoms with van der Waals surface area (Å²) in [6, 6.07) is 9.43. The van der Waals surface area contributed by atoms with Gasteiger partial charge in [0, 0.05) is 0 Å². The Bertz CT molecular complexity index is 672. The Hall–Kier alpha value is -2.42. The molecule has 0 heterocycles. The van der Waals surface area contributed by atoms with Crippen molar-refractivity contribution in [3.8, 4) is 17.2 Å². The molecule has 0 unspecified atom stereocenters. The molecular formula is C18H20O3. The Morgan fingerprint density at radius 3 is 2.14 bits per heavy atom. The molecule has 0 bridgehead atoms. The molecule has 0 amide bonds. The molecule has 0 spiro atoms. The number of hydrogen-bond donors (Lipinski definition) is 1. The normalized spacial score (nSPS) is 10.9. The lowest BCUT2D eigenvalue weighted by molar-refractivity contribution is 0.373. The second kappa shape index (κ2) is 6.35. The molecule has 3 nitrogen and oxygen atoms in total. The van der Waals surface area contributed by atoms with E-state index in [1.165, 1.54) is 12.7 Å².